The number of pyridine rings is 3. The molecule has 1 amide bonds. The summed E-state index contributed by atoms with van der Waals surface area (Å²) in [6.07, 6.45) is 6.73. The van der Waals surface area contributed by atoms with Crippen molar-refractivity contribution in [3.05, 3.63) is 60.2 Å². The number of amides is 1. The second-order valence-electron chi connectivity index (χ2n) is 8.64. The van der Waals surface area contributed by atoms with Gasteiger partial charge in [0.15, 0.2) is 6.29 Å². The Morgan fingerprint density at radius 2 is 2.06 bits per heavy atom. The molecule has 0 saturated carbocycles. The van der Waals surface area contributed by atoms with Crippen LogP contribution in [0.4, 0.5) is 5.82 Å². The topological polar surface area (TPSA) is 108 Å². The van der Waals surface area contributed by atoms with Crippen LogP contribution in [-0.2, 0) is 26.9 Å². The number of hydrogen-bond donors (Lipinski definition) is 1. The number of nitrogens with one attached hydrogen (secondary N) is 1. The maximum Gasteiger partial charge on any atom is 0.222 e. The van der Waals surface area contributed by atoms with Crippen LogP contribution in [0.2, 0.25) is 0 Å². The van der Waals surface area contributed by atoms with Gasteiger partial charge in [-0.15, -0.1) is 0 Å². The highest BCUT2D eigenvalue weighted by Gasteiger charge is 2.39. The zero-order valence-electron chi connectivity index (χ0n) is 19.7. The number of aromatic nitrogens is 4. The largest absolute Gasteiger partial charge is 0.378 e. The highest BCUT2D eigenvalue weighted by Crippen LogP contribution is 2.38. The Morgan fingerprint density at radius 1 is 1.20 bits per heavy atom. The molecule has 0 spiro atoms. The standard InChI is InChI=1S/C26H25N5O4/c1-16(33)29-25-10-19-20(13-31(2)23(19)12-28-25)22-8-18(21-5-4-17(14-32)11-27-21)9-24(30-22)26(34-3)6-7-35-15-26/h4-5,8-14H,6-7,15H2,1-3H3,(H,28,29,33)/t26-/m0/s1. The fourth-order valence-electron chi connectivity index (χ4n) is 4.44. The van der Waals surface area contributed by atoms with Gasteiger partial charge < -0.3 is 19.4 Å². The van der Waals surface area contributed by atoms with Gasteiger partial charge in [0, 0.05) is 68.6 Å². The molecule has 0 aromatic carbocycles. The summed E-state index contributed by atoms with van der Waals surface area (Å²) in [5.74, 6) is 0.280. The molecule has 0 bridgehead atoms. The highest BCUT2D eigenvalue weighted by atomic mass is 16.5. The van der Waals surface area contributed by atoms with Crippen LogP contribution < -0.4 is 5.32 Å². The molecule has 0 unspecified atom stereocenters. The van der Waals surface area contributed by atoms with E-state index in [4.69, 9.17) is 14.5 Å². The predicted octanol–water partition coefficient (Wildman–Crippen LogP) is 3.73. The van der Waals surface area contributed by atoms with E-state index in [2.05, 4.69) is 15.3 Å². The first-order chi connectivity index (χ1) is 16.9. The van der Waals surface area contributed by atoms with Crippen molar-refractivity contribution < 1.29 is 19.1 Å². The third kappa shape index (κ3) is 4.20. The lowest BCUT2D eigenvalue weighted by Crippen LogP contribution is -2.30. The maximum atomic E-state index is 11.6. The molecule has 5 rings (SSSR count). The quantitative estimate of drug-likeness (QED) is 0.427. The zero-order chi connectivity index (χ0) is 24.6. The molecule has 1 fully saturated rings. The van der Waals surface area contributed by atoms with Crippen LogP contribution in [0.15, 0.2) is 48.9 Å². The number of aldehydes is 1. The van der Waals surface area contributed by atoms with Gasteiger partial charge in [0.1, 0.15) is 11.4 Å². The lowest BCUT2D eigenvalue weighted by atomic mass is 9.94. The zero-order valence-corrected chi connectivity index (χ0v) is 19.7. The number of carbonyl (C=O) groups excluding carboxylic acids is 2. The third-order valence-electron chi connectivity index (χ3n) is 6.34. The fraction of sp³-hybridized carbons (Fsp3) is 0.269. The van der Waals surface area contributed by atoms with Crippen molar-refractivity contribution in [3.63, 3.8) is 0 Å². The van der Waals surface area contributed by atoms with E-state index in [9.17, 15) is 9.59 Å². The van der Waals surface area contributed by atoms with Crippen molar-refractivity contribution in [2.75, 3.05) is 25.6 Å². The molecule has 9 nitrogen and oxygen atoms in total. The molecular weight excluding hydrogens is 446 g/mol. The molecular formula is C26H25N5O4. The van der Waals surface area contributed by atoms with Gasteiger partial charge in [-0.05, 0) is 30.3 Å². The Hall–Kier alpha value is -3.95. The van der Waals surface area contributed by atoms with Gasteiger partial charge in [-0.2, -0.15) is 0 Å². The monoisotopic (exact) mass is 471 g/mol. The van der Waals surface area contributed by atoms with Crippen molar-refractivity contribution in [3.8, 4) is 22.5 Å². The summed E-state index contributed by atoms with van der Waals surface area (Å²) in [4.78, 5) is 36.6. The Kier molecular flexibility index (Phi) is 5.88. The van der Waals surface area contributed by atoms with Gasteiger partial charge in [0.2, 0.25) is 5.91 Å². The van der Waals surface area contributed by atoms with Gasteiger partial charge in [0.05, 0.1) is 35.4 Å². The van der Waals surface area contributed by atoms with Gasteiger partial charge in [-0.3, -0.25) is 14.6 Å². The average molecular weight is 472 g/mol. The smallest absolute Gasteiger partial charge is 0.222 e. The van der Waals surface area contributed by atoms with Crippen molar-refractivity contribution >= 4 is 28.9 Å². The summed E-state index contributed by atoms with van der Waals surface area (Å²) < 4.78 is 13.6. The molecule has 1 saturated heterocycles. The number of methoxy groups -OCH3 is 1. The summed E-state index contributed by atoms with van der Waals surface area (Å²) in [7, 11) is 3.61. The molecule has 1 aliphatic rings. The van der Waals surface area contributed by atoms with Crippen LogP contribution in [0.1, 0.15) is 29.4 Å². The summed E-state index contributed by atoms with van der Waals surface area (Å²) in [6, 6.07) is 9.35. The molecule has 0 radical (unpaired) electrons. The maximum absolute atomic E-state index is 11.6. The first-order valence-corrected chi connectivity index (χ1v) is 11.2. The second-order valence-corrected chi connectivity index (χ2v) is 8.64. The lowest BCUT2D eigenvalue weighted by Gasteiger charge is -2.26. The first-order valence-electron chi connectivity index (χ1n) is 11.2. The normalized spacial score (nSPS) is 17.6. The van der Waals surface area contributed by atoms with Crippen LogP contribution in [0, 0.1) is 0 Å². The highest BCUT2D eigenvalue weighted by molar-refractivity contribution is 5.98. The molecule has 9 heteroatoms. The molecule has 4 aromatic rings. The van der Waals surface area contributed by atoms with Crippen LogP contribution in [-0.4, -0.2) is 52.0 Å². The summed E-state index contributed by atoms with van der Waals surface area (Å²) in [5, 5.41) is 3.65. The molecule has 4 aromatic heterocycles. The Bertz CT molecular complexity index is 1420. The van der Waals surface area contributed by atoms with Gasteiger partial charge in [0.25, 0.3) is 0 Å². The third-order valence-corrected chi connectivity index (χ3v) is 6.34. The number of aryl methyl sites for hydroxylation is 1. The van der Waals surface area contributed by atoms with E-state index < -0.39 is 5.60 Å². The van der Waals surface area contributed by atoms with E-state index in [0.29, 0.717) is 36.7 Å². The van der Waals surface area contributed by atoms with Gasteiger partial charge in [-0.1, -0.05) is 0 Å². The molecule has 178 valence electrons. The van der Waals surface area contributed by atoms with E-state index in [1.54, 1.807) is 25.6 Å². The van der Waals surface area contributed by atoms with E-state index >= 15 is 0 Å². The molecule has 35 heavy (non-hydrogen) atoms. The molecule has 5 heterocycles. The molecule has 1 atom stereocenters. The summed E-state index contributed by atoms with van der Waals surface area (Å²) in [6.45, 7) is 2.44. The number of rotatable bonds is 6. The number of carbonyl (C=O) groups is 2. The predicted molar refractivity (Wildman–Crippen MR) is 131 cm³/mol. The van der Waals surface area contributed by atoms with E-state index in [1.165, 1.54) is 6.92 Å². The number of fused-ring (bicyclic) bond motifs is 1. The number of ether oxygens (including phenoxy) is 2. The second kappa shape index (κ2) is 9.01. The lowest BCUT2D eigenvalue weighted by molar-refractivity contribution is -0.114. The van der Waals surface area contributed by atoms with Crippen LogP contribution in [0.5, 0.6) is 0 Å². The Balaban J connectivity index is 1.72. The van der Waals surface area contributed by atoms with Crippen LogP contribution >= 0.6 is 0 Å². The summed E-state index contributed by atoms with van der Waals surface area (Å²) in [5.41, 5.74) is 4.67. The van der Waals surface area contributed by atoms with E-state index in [0.717, 1.165) is 39.7 Å². The fourth-order valence-corrected chi connectivity index (χ4v) is 4.44. The molecule has 0 aliphatic carbocycles. The Labute approximate surface area is 202 Å². The first kappa shape index (κ1) is 22.8. The molecule has 1 aliphatic heterocycles. The van der Waals surface area contributed by atoms with Gasteiger partial charge >= 0.3 is 0 Å². The van der Waals surface area contributed by atoms with E-state index in [1.807, 2.05) is 42.1 Å². The van der Waals surface area contributed by atoms with Crippen molar-refractivity contribution in [2.45, 2.75) is 18.9 Å². The minimum absolute atomic E-state index is 0.190. The van der Waals surface area contributed by atoms with Crippen molar-refractivity contribution in [1.29, 1.82) is 0 Å². The van der Waals surface area contributed by atoms with Crippen molar-refractivity contribution in [2.24, 2.45) is 7.05 Å². The van der Waals surface area contributed by atoms with Gasteiger partial charge in [-0.25, -0.2) is 9.97 Å². The van der Waals surface area contributed by atoms with Crippen LogP contribution in [0.3, 0.4) is 0 Å². The minimum atomic E-state index is -0.666. The number of anilines is 1. The molecule has 1 N–H and O–H groups in total. The SMILES string of the molecule is CO[C@@]1(c2cc(-c3ccc(C=O)cn3)cc(-c3cn(C)c4cnc(NC(C)=O)cc34)n2)CCOC1. The summed E-state index contributed by atoms with van der Waals surface area (Å²) >= 11 is 0. The van der Waals surface area contributed by atoms with Crippen molar-refractivity contribution in [1.82, 2.24) is 19.5 Å². The average Bonchev–Trinajstić information content (AvgIpc) is 3.49. The number of nitrogens with zero attached hydrogens (tertiary/aromatic N) is 4. The Morgan fingerprint density at radius 3 is 2.71 bits per heavy atom. The number of hydrogen-bond acceptors (Lipinski definition) is 7. The van der Waals surface area contributed by atoms with E-state index in [-0.39, 0.29) is 5.91 Å². The minimum Gasteiger partial charge on any atom is -0.378 e. The van der Waals surface area contributed by atoms with Crippen LogP contribution in [0.25, 0.3) is 33.4 Å².